The van der Waals surface area contributed by atoms with Crippen molar-refractivity contribution < 1.29 is 24.5 Å². The van der Waals surface area contributed by atoms with Crippen molar-refractivity contribution in [3.05, 3.63) is 58.7 Å². The molecule has 0 aliphatic carbocycles. The van der Waals surface area contributed by atoms with Crippen LogP contribution in [0, 0.1) is 5.92 Å². The van der Waals surface area contributed by atoms with Gasteiger partial charge in [-0.15, -0.1) is 0 Å². The topological polar surface area (TPSA) is 102 Å². The van der Waals surface area contributed by atoms with Gasteiger partial charge in [0.25, 0.3) is 0 Å². The minimum absolute atomic E-state index is 0.0466. The van der Waals surface area contributed by atoms with E-state index in [0.717, 1.165) is 16.7 Å². The van der Waals surface area contributed by atoms with Crippen LogP contribution in [0.4, 0.5) is 0 Å². The van der Waals surface area contributed by atoms with E-state index in [4.69, 9.17) is 10.5 Å². The van der Waals surface area contributed by atoms with Crippen LogP contribution in [0.1, 0.15) is 77.1 Å². The van der Waals surface area contributed by atoms with E-state index in [0.29, 0.717) is 17.9 Å². The molecule has 0 aliphatic rings. The van der Waals surface area contributed by atoms with Crippen LogP contribution in [0.2, 0.25) is 0 Å². The van der Waals surface area contributed by atoms with Gasteiger partial charge in [0.2, 0.25) is 0 Å². The molecule has 0 radical (unpaired) electrons. The van der Waals surface area contributed by atoms with E-state index in [2.05, 4.69) is 4.74 Å². The Balaban J connectivity index is 2.16. The number of aromatic hydroxyl groups is 1. The summed E-state index contributed by atoms with van der Waals surface area (Å²) >= 11 is 0. The van der Waals surface area contributed by atoms with Crippen molar-refractivity contribution in [2.45, 2.75) is 77.9 Å². The molecule has 2 unspecified atom stereocenters. The number of methoxy groups -OCH3 is 1. The zero-order chi connectivity index (χ0) is 25.9. The highest BCUT2D eigenvalue weighted by molar-refractivity contribution is 5.72. The number of aliphatic hydroxyl groups is 1. The molecule has 2 rings (SSSR count). The largest absolute Gasteiger partial charge is 0.507 e. The van der Waals surface area contributed by atoms with Crippen LogP contribution in [0.25, 0.3) is 0 Å². The van der Waals surface area contributed by atoms with Gasteiger partial charge in [0.05, 0.1) is 20.1 Å². The number of phenols is 1. The van der Waals surface area contributed by atoms with Crippen LogP contribution in [0.5, 0.6) is 11.5 Å². The number of phenolic OH excluding ortho intramolecular Hbond substituents is 1. The molecule has 0 saturated carbocycles. The summed E-state index contributed by atoms with van der Waals surface area (Å²) in [7, 11) is 1.37. The van der Waals surface area contributed by atoms with Crippen molar-refractivity contribution in [2.24, 2.45) is 11.7 Å². The number of esters is 1. The molecule has 6 nitrogen and oxygen atoms in total. The molecular formula is C28H41NO5. The Kier molecular flexibility index (Phi) is 8.43. The van der Waals surface area contributed by atoms with Gasteiger partial charge in [-0.05, 0) is 69.7 Å². The molecule has 188 valence electrons. The fourth-order valence-electron chi connectivity index (χ4n) is 3.92. The molecule has 6 heteroatoms. The van der Waals surface area contributed by atoms with E-state index in [1.54, 1.807) is 0 Å². The molecule has 2 aromatic rings. The first kappa shape index (κ1) is 27.7. The minimum atomic E-state index is -1.58. The van der Waals surface area contributed by atoms with Crippen molar-refractivity contribution in [1.82, 2.24) is 0 Å². The van der Waals surface area contributed by atoms with E-state index < -0.39 is 5.72 Å². The summed E-state index contributed by atoms with van der Waals surface area (Å²) in [6, 6.07) is 10.9. The maximum absolute atomic E-state index is 11.4. The van der Waals surface area contributed by atoms with Gasteiger partial charge in [-0.1, -0.05) is 60.6 Å². The van der Waals surface area contributed by atoms with Gasteiger partial charge in [0.1, 0.15) is 17.2 Å². The summed E-state index contributed by atoms with van der Waals surface area (Å²) in [6.07, 6.45) is 0.499. The summed E-state index contributed by atoms with van der Waals surface area (Å²) in [5.74, 6) is 0.597. The van der Waals surface area contributed by atoms with E-state index >= 15 is 0 Å². The standard InChI is InChI=1S/C28H41NO5/c1-18(17-34-21-11-9-19(10-12-21)13-24(30)33-8)16-28(29,32)20-14-22(26(2,3)4)25(31)23(15-20)27(5,6)7/h9-12,14-15,18,31-32H,13,16-17,29H2,1-8H3. The van der Waals surface area contributed by atoms with Crippen LogP contribution in [-0.4, -0.2) is 29.9 Å². The first-order valence-electron chi connectivity index (χ1n) is 11.7. The van der Waals surface area contributed by atoms with Crippen molar-refractivity contribution in [3.8, 4) is 11.5 Å². The lowest BCUT2D eigenvalue weighted by Gasteiger charge is -2.33. The Morgan fingerprint density at radius 1 is 1.00 bits per heavy atom. The number of hydrogen-bond acceptors (Lipinski definition) is 6. The highest BCUT2D eigenvalue weighted by Gasteiger charge is 2.33. The molecule has 0 saturated heterocycles. The summed E-state index contributed by atoms with van der Waals surface area (Å²) in [6.45, 7) is 14.5. The molecule has 0 aromatic heterocycles. The quantitative estimate of drug-likeness (QED) is 0.373. The van der Waals surface area contributed by atoms with E-state index in [1.165, 1.54) is 7.11 Å². The molecule has 0 spiro atoms. The van der Waals surface area contributed by atoms with E-state index in [9.17, 15) is 15.0 Å². The summed E-state index contributed by atoms with van der Waals surface area (Å²) in [5.41, 5.74) is 7.17. The number of nitrogens with two attached hydrogens (primary N) is 1. The summed E-state index contributed by atoms with van der Waals surface area (Å²) in [4.78, 5) is 11.4. The molecule has 0 bridgehead atoms. The van der Waals surface area contributed by atoms with Crippen molar-refractivity contribution in [3.63, 3.8) is 0 Å². The van der Waals surface area contributed by atoms with Crippen LogP contribution in [-0.2, 0) is 32.5 Å². The molecule has 34 heavy (non-hydrogen) atoms. The average Bonchev–Trinajstić information content (AvgIpc) is 2.71. The summed E-state index contributed by atoms with van der Waals surface area (Å²) < 4.78 is 10.6. The molecule has 0 fully saturated rings. The van der Waals surface area contributed by atoms with E-state index in [1.807, 2.05) is 84.9 Å². The molecular weight excluding hydrogens is 430 g/mol. The van der Waals surface area contributed by atoms with Gasteiger partial charge < -0.3 is 19.7 Å². The monoisotopic (exact) mass is 471 g/mol. The number of rotatable bonds is 8. The highest BCUT2D eigenvalue weighted by atomic mass is 16.5. The first-order valence-corrected chi connectivity index (χ1v) is 11.7. The Labute approximate surface area is 204 Å². The lowest BCUT2D eigenvalue weighted by Crippen LogP contribution is -2.39. The van der Waals surface area contributed by atoms with Crippen molar-refractivity contribution >= 4 is 5.97 Å². The number of carbonyl (C=O) groups excluding carboxylic acids is 1. The Morgan fingerprint density at radius 2 is 1.50 bits per heavy atom. The summed E-state index contributed by atoms with van der Waals surface area (Å²) in [5, 5.41) is 22.2. The third-order valence-electron chi connectivity index (χ3n) is 5.92. The van der Waals surface area contributed by atoms with Crippen LogP contribution >= 0.6 is 0 Å². The van der Waals surface area contributed by atoms with Crippen molar-refractivity contribution in [2.75, 3.05) is 13.7 Å². The third kappa shape index (κ3) is 7.21. The van der Waals surface area contributed by atoms with E-state index in [-0.39, 0.29) is 41.3 Å². The number of hydrogen-bond donors (Lipinski definition) is 3. The maximum Gasteiger partial charge on any atom is 0.309 e. The number of benzene rings is 2. The number of carbonyl (C=O) groups is 1. The van der Waals surface area contributed by atoms with Gasteiger partial charge in [0, 0.05) is 0 Å². The Bertz CT molecular complexity index is 946. The van der Waals surface area contributed by atoms with Gasteiger partial charge in [-0.3, -0.25) is 10.5 Å². The molecule has 4 N–H and O–H groups in total. The van der Waals surface area contributed by atoms with Crippen LogP contribution < -0.4 is 10.5 Å². The minimum Gasteiger partial charge on any atom is -0.507 e. The Morgan fingerprint density at radius 3 is 1.94 bits per heavy atom. The molecule has 2 aromatic carbocycles. The smallest absolute Gasteiger partial charge is 0.309 e. The zero-order valence-corrected chi connectivity index (χ0v) is 21.9. The second-order valence-corrected chi connectivity index (χ2v) is 11.4. The maximum atomic E-state index is 11.4. The SMILES string of the molecule is COC(=O)Cc1ccc(OCC(C)CC(N)(O)c2cc(C(C)(C)C)c(O)c(C(C)(C)C)c2)cc1. The van der Waals surface area contributed by atoms with Gasteiger partial charge in [-0.25, -0.2) is 0 Å². The number of ether oxygens (including phenoxy) is 2. The Hall–Kier alpha value is -2.57. The predicted molar refractivity (Wildman–Crippen MR) is 135 cm³/mol. The lowest BCUT2D eigenvalue weighted by atomic mass is 9.76. The zero-order valence-electron chi connectivity index (χ0n) is 21.9. The van der Waals surface area contributed by atoms with Crippen LogP contribution in [0.15, 0.2) is 36.4 Å². The van der Waals surface area contributed by atoms with Gasteiger partial charge in [0.15, 0.2) is 0 Å². The third-order valence-corrected chi connectivity index (χ3v) is 5.92. The molecule has 0 amide bonds. The lowest BCUT2D eigenvalue weighted by molar-refractivity contribution is -0.139. The second kappa shape index (κ2) is 10.4. The molecule has 0 heterocycles. The fraction of sp³-hybridized carbons (Fsp3) is 0.536. The first-order chi connectivity index (χ1) is 15.5. The highest BCUT2D eigenvalue weighted by Crippen LogP contribution is 2.41. The average molecular weight is 472 g/mol. The van der Waals surface area contributed by atoms with Crippen molar-refractivity contribution in [1.29, 1.82) is 0 Å². The van der Waals surface area contributed by atoms with Crippen LogP contribution in [0.3, 0.4) is 0 Å². The normalized spacial score (nSPS) is 14.9. The second-order valence-electron chi connectivity index (χ2n) is 11.4. The molecule has 0 aliphatic heterocycles. The molecule has 2 atom stereocenters. The van der Waals surface area contributed by atoms with Gasteiger partial charge in [-0.2, -0.15) is 0 Å². The fourth-order valence-corrected chi connectivity index (χ4v) is 3.92. The predicted octanol–water partition coefficient (Wildman–Crippen LogP) is 4.91. The van der Waals surface area contributed by atoms with Gasteiger partial charge >= 0.3 is 5.97 Å².